The number of anilines is 1. The molecule has 9 heteroatoms. The van der Waals surface area contributed by atoms with Crippen LogP contribution in [0.3, 0.4) is 0 Å². The van der Waals surface area contributed by atoms with Crippen LogP contribution in [-0.2, 0) is 11.3 Å². The van der Waals surface area contributed by atoms with Gasteiger partial charge in [-0.1, -0.05) is 6.07 Å². The number of ether oxygens (including phenoxy) is 3. The number of carbonyl (C=O) groups is 1. The molecule has 1 aromatic heterocycles. The second kappa shape index (κ2) is 9.48. The first-order valence-electron chi connectivity index (χ1n) is 9.14. The van der Waals surface area contributed by atoms with Crippen LogP contribution in [0.2, 0.25) is 0 Å². The Balaban J connectivity index is 1.67. The molecule has 162 valence electrons. The molecule has 31 heavy (non-hydrogen) atoms. The molecule has 0 fully saturated rings. The number of aryl methyl sites for hydroxylation is 1. The molecule has 1 N–H and O–H groups in total. The Labute approximate surface area is 176 Å². The summed E-state index contributed by atoms with van der Waals surface area (Å²) in [5, 5.41) is 2.78. The standard InChI is InChI=1S/C22H19F3N2O4/c1-14-20(11-6-16(26-14)13-29-2)21(28)27-15-4-3-5-19(12-15)30-17-7-9-18(10-8-17)31-22(23,24)25/h3-12H,13H2,1-2H3,(H,27,28). The van der Waals surface area contributed by atoms with Crippen LogP contribution in [-0.4, -0.2) is 24.4 Å². The van der Waals surface area contributed by atoms with Crippen molar-refractivity contribution in [1.29, 1.82) is 0 Å². The van der Waals surface area contributed by atoms with E-state index in [0.717, 1.165) is 17.8 Å². The van der Waals surface area contributed by atoms with E-state index in [9.17, 15) is 18.0 Å². The number of rotatable bonds is 7. The number of amides is 1. The van der Waals surface area contributed by atoms with Crippen molar-refractivity contribution in [3.63, 3.8) is 0 Å². The van der Waals surface area contributed by atoms with Gasteiger partial charge in [-0.15, -0.1) is 13.2 Å². The van der Waals surface area contributed by atoms with Gasteiger partial charge in [0.25, 0.3) is 5.91 Å². The number of benzene rings is 2. The molecule has 0 saturated carbocycles. The van der Waals surface area contributed by atoms with E-state index in [1.54, 1.807) is 50.4 Å². The Morgan fingerprint density at radius 3 is 2.35 bits per heavy atom. The Hall–Kier alpha value is -3.59. The maximum absolute atomic E-state index is 12.6. The summed E-state index contributed by atoms with van der Waals surface area (Å²) in [6.07, 6.45) is -4.76. The minimum absolute atomic E-state index is 0.312. The maximum atomic E-state index is 12.6. The van der Waals surface area contributed by atoms with Crippen molar-refractivity contribution in [2.45, 2.75) is 19.9 Å². The third kappa shape index (κ3) is 6.45. The molecule has 0 bridgehead atoms. The molecule has 1 heterocycles. The zero-order chi connectivity index (χ0) is 22.4. The van der Waals surface area contributed by atoms with Gasteiger partial charge >= 0.3 is 6.36 Å². The van der Waals surface area contributed by atoms with Crippen molar-refractivity contribution in [1.82, 2.24) is 4.98 Å². The summed E-state index contributed by atoms with van der Waals surface area (Å²) in [6.45, 7) is 2.09. The second-order valence-corrected chi connectivity index (χ2v) is 6.47. The first-order chi connectivity index (χ1) is 14.7. The zero-order valence-electron chi connectivity index (χ0n) is 16.7. The lowest BCUT2D eigenvalue weighted by molar-refractivity contribution is -0.274. The van der Waals surface area contributed by atoms with E-state index in [4.69, 9.17) is 9.47 Å². The van der Waals surface area contributed by atoms with Gasteiger partial charge in [0.05, 0.1) is 23.6 Å². The van der Waals surface area contributed by atoms with Crippen LogP contribution in [0.1, 0.15) is 21.7 Å². The second-order valence-electron chi connectivity index (χ2n) is 6.47. The number of nitrogens with one attached hydrogen (secondary N) is 1. The quantitative estimate of drug-likeness (QED) is 0.536. The molecular formula is C22H19F3N2O4. The number of carbonyl (C=O) groups excluding carboxylic acids is 1. The normalized spacial score (nSPS) is 11.1. The first-order valence-corrected chi connectivity index (χ1v) is 9.14. The number of halogens is 3. The van der Waals surface area contributed by atoms with Crippen molar-refractivity contribution < 1.29 is 32.2 Å². The molecule has 0 radical (unpaired) electrons. The lowest BCUT2D eigenvalue weighted by Gasteiger charge is -2.12. The van der Waals surface area contributed by atoms with Crippen molar-refractivity contribution in [3.05, 3.63) is 77.6 Å². The van der Waals surface area contributed by atoms with Gasteiger partial charge in [-0.3, -0.25) is 9.78 Å². The Kier molecular flexibility index (Phi) is 6.76. The van der Waals surface area contributed by atoms with Crippen LogP contribution in [0.25, 0.3) is 0 Å². The molecule has 6 nitrogen and oxygen atoms in total. The Morgan fingerprint density at radius 1 is 1.00 bits per heavy atom. The molecule has 0 aliphatic carbocycles. The monoisotopic (exact) mass is 432 g/mol. The lowest BCUT2D eigenvalue weighted by Crippen LogP contribution is -2.16. The fraction of sp³-hybridized carbons (Fsp3) is 0.182. The van der Waals surface area contributed by atoms with E-state index in [-0.39, 0.29) is 11.7 Å². The van der Waals surface area contributed by atoms with Crippen molar-refractivity contribution in [3.8, 4) is 17.2 Å². The predicted octanol–water partition coefficient (Wildman–Crippen LogP) is 5.48. The van der Waals surface area contributed by atoms with Gasteiger partial charge in [0.1, 0.15) is 17.2 Å². The van der Waals surface area contributed by atoms with Gasteiger partial charge in [-0.05, 0) is 55.5 Å². The van der Waals surface area contributed by atoms with E-state index in [1.165, 1.54) is 12.1 Å². The molecule has 2 aromatic carbocycles. The topological polar surface area (TPSA) is 69.7 Å². The van der Waals surface area contributed by atoms with Crippen LogP contribution in [0, 0.1) is 6.92 Å². The van der Waals surface area contributed by atoms with E-state index in [1.807, 2.05) is 0 Å². The molecule has 0 aliphatic heterocycles. The number of methoxy groups -OCH3 is 1. The van der Waals surface area contributed by atoms with E-state index in [0.29, 0.717) is 35.1 Å². The van der Waals surface area contributed by atoms with Gasteiger partial charge in [-0.2, -0.15) is 0 Å². The summed E-state index contributed by atoms with van der Waals surface area (Å²) < 4.78 is 51.2. The predicted molar refractivity (Wildman–Crippen MR) is 107 cm³/mol. The summed E-state index contributed by atoms with van der Waals surface area (Å²) in [7, 11) is 1.57. The van der Waals surface area contributed by atoms with E-state index in [2.05, 4.69) is 15.0 Å². The Morgan fingerprint density at radius 2 is 1.71 bits per heavy atom. The summed E-state index contributed by atoms with van der Waals surface area (Å²) in [5.41, 5.74) is 2.20. The molecule has 1 amide bonds. The number of hydrogen-bond donors (Lipinski definition) is 1. The van der Waals surface area contributed by atoms with Crippen LogP contribution >= 0.6 is 0 Å². The highest BCUT2D eigenvalue weighted by Gasteiger charge is 2.31. The summed E-state index contributed by atoms with van der Waals surface area (Å²) in [4.78, 5) is 16.9. The first kappa shape index (κ1) is 22.1. The van der Waals surface area contributed by atoms with Crippen LogP contribution in [0.5, 0.6) is 17.2 Å². The van der Waals surface area contributed by atoms with Crippen LogP contribution in [0.4, 0.5) is 18.9 Å². The minimum atomic E-state index is -4.76. The molecule has 0 unspecified atom stereocenters. The van der Waals surface area contributed by atoms with Gasteiger partial charge in [0.2, 0.25) is 0 Å². The molecule has 3 aromatic rings. The fourth-order valence-corrected chi connectivity index (χ4v) is 2.76. The largest absolute Gasteiger partial charge is 0.573 e. The van der Waals surface area contributed by atoms with Gasteiger partial charge < -0.3 is 19.5 Å². The van der Waals surface area contributed by atoms with Crippen LogP contribution in [0.15, 0.2) is 60.7 Å². The average Bonchev–Trinajstić information content (AvgIpc) is 2.69. The molecular weight excluding hydrogens is 413 g/mol. The molecule has 0 spiro atoms. The number of nitrogens with zero attached hydrogens (tertiary/aromatic N) is 1. The number of alkyl halides is 3. The third-order valence-electron chi connectivity index (χ3n) is 4.07. The maximum Gasteiger partial charge on any atom is 0.573 e. The summed E-state index contributed by atoms with van der Waals surface area (Å²) >= 11 is 0. The van der Waals surface area contributed by atoms with Crippen molar-refractivity contribution >= 4 is 11.6 Å². The zero-order valence-corrected chi connectivity index (χ0v) is 16.7. The number of pyridine rings is 1. The van der Waals surface area contributed by atoms with Crippen molar-refractivity contribution in [2.24, 2.45) is 0 Å². The number of aromatic nitrogens is 1. The summed E-state index contributed by atoms with van der Waals surface area (Å²) in [6, 6.07) is 15.0. The molecule has 0 saturated heterocycles. The SMILES string of the molecule is COCc1ccc(C(=O)Nc2cccc(Oc3ccc(OC(F)(F)F)cc3)c2)c(C)n1. The fourth-order valence-electron chi connectivity index (χ4n) is 2.76. The minimum Gasteiger partial charge on any atom is -0.457 e. The highest BCUT2D eigenvalue weighted by Crippen LogP contribution is 2.28. The lowest BCUT2D eigenvalue weighted by atomic mass is 10.1. The molecule has 0 atom stereocenters. The van der Waals surface area contributed by atoms with Gasteiger partial charge in [-0.25, -0.2) is 0 Å². The van der Waals surface area contributed by atoms with E-state index < -0.39 is 6.36 Å². The van der Waals surface area contributed by atoms with Gasteiger partial charge in [0, 0.05) is 18.9 Å². The van der Waals surface area contributed by atoms with Crippen LogP contribution < -0.4 is 14.8 Å². The van der Waals surface area contributed by atoms with E-state index >= 15 is 0 Å². The highest BCUT2D eigenvalue weighted by molar-refractivity contribution is 6.05. The number of hydrogen-bond acceptors (Lipinski definition) is 5. The summed E-state index contributed by atoms with van der Waals surface area (Å²) in [5.74, 6) is 0.0282. The average molecular weight is 432 g/mol. The third-order valence-corrected chi connectivity index (χ3v) is 4.07. The molecule has 3 rings (SSSR count). The Bertz CT molecular complexity index is 1050. The van der Waals surface area contributed by atoms with Gasteiger partial charge in [0.15, 0.2) is 0 Å². The highest BCUT2D eigenvalue weighted by atomic mass is 19.4. The smallest absolute Gasteiger partial charge is 0.457 e. The molecule has 0 aliphatic rings. The van der Waals surface area contributed by atoms with Crippen molar-refractivity contribution in [2.75, 3.05) is 12.4 Å².